The number of hydrogen-bond acceptors (Lipinski definition) is 3. The lowest BCUT2D eigenvalue weighted by Gasteiger charge is -2.19. The van der Waals surface area contributed by atoms with Crippen molar-refractivity contribution in [2.24, 2.45) is 0 Å². The van der Waals surface area contributed by atoms with Crippen LogP contribution in [0.4, 0.5) is 0 Å². The van der Waals surface area contributed by atoms with Crippen LogP contribution in [0.15, 0.2) is 59.6 Å². The van der Waals surface area contributed by atoms with Gasteiger partial charge in [0.2, 0.25) is 10.0 Å². The molecule has 2 heterocycles. The molecule has 0 bridgehead atoms. The fraction of sp³-hybridized carbons (Fsp3) is 0.278. The Labute approximate surface area is 142 Å². The highest BCUT2D eigenvalue weighted by Crippen LogP contribution is 2.23. The molecule has 1 N–H and O–H groups in total. The molecule has 0 radical (unpaired) electrons. The molecule has 0 atom stereocenters. The quantitative estimate of drug-likeness (QED) is 0.792. The fourth-order valence-electron chi connectivity index (χ4n) is 2.46. The van der Waals surface area contributed by atoms with Crippen LogP contribution in [-0.2, 0) is 22.0 Å². The summed E-state index contributed by atoms with van der Waals surface area (Å²) in [5.74, 6) is 0. The monoisotopic (exact) mass is 343 g/mol. The van der Waals surface area contributed by atoms with Gasteiger partial charge in [-0.15, -0.1) is 0 Å². The average Bonchev–Trinajstić information content (AvgIpc) is 2.95. The summed E-state index contributed by atoms with van der Waals surface area (Å²) in [7, 11) is -3.56. The Morgan fingerprint density at radius 2 is 1.79 bits per heavy atom. The summed E-state index contributed by atoms with van der Waals surface area (Å²) in [4.78, 5) is 0.263. The number of nitrogens with zero attached hydrogens (tertiary/aromatic N) is 2. The van der Waals surface area contributed by atoms with Crippen molar-refractivity contribution in [3.05, 3.63) is 66.0 Å². The Morgan fingerprint density at radius 3 is 2.42 bits per heavy atom. The van der Waals surface area contributed by atoms with Gasteiger partial charge in [-0.3, -0.25) is 0 Å². The Balaban J connectivity index is 1.76. The zero-order chi connectivity index (χ0) is 17.4. The molecule has 0 spiro atoms. The number of benzene rings is 1. The molecule has 0 saturated carbocycles. The van der Waals surface area contributed by atoms with Crippen LogP contribution in [0, 0.1) is 0 Å². The SMILES string of the molecule is CC(C)(C)c1ccc(S(=O)(=O)NCc2cc3ccccn3n2)cc1. The molecule has 5 nitrogen and oxygen atoms in total. The van der Waals surface area contributed by atoms with E-state index in [0.29, 0.717) is 5.69 Å². The van der Waals surface area contributed by atoms with Gasteiger partial charge in [0.1, 0.15) is 0 Å². The molecule has 2 aromatic heterocycles. The third-order valence-electron chi connectivity index (χ3n) is 3.89. The van der Waals surface area contributed by atoms with E-state index in [0.717, 1.165) is 11.1 Å². The predicted octanol–water partition coefficient (Wildman–Crippen LogP) is 3.11. The van der Waals surface area contributed by atoms with Gasteiger partial charge < -0.3 is 0 Å². The average molecular weight is 343 g/mol. The topological polar surface area (TPSA) is 63.5 Å². The molecule has 126 valence electrons. The first-order chi connectivity index (χ1) is 11.3. The lowest BCUT2D eigenvalue weighted by atomic mass is 9.87. The van der Waals surface area contributed by atoms with Crippen LogP contribution in [0.5, 0.6) is 0 Å². The molecular formula is C18H21N3O2S. The van der Waals surface area contributed by atoms with E-state index >= 15 is 0 Å². The summed E-state index contributed by atoms with van der Waals surface area (Å²) in [6.07, 6.45) is 1.83. The summed E-state index contributed by atoms with van der Waals surface area (Å²) < 4.78 is 29.2. The van der Waals surface area contributed by atoms with Crippen molar-refractivity contribution in [2.45, 2.75) is 37.6 Å². The molecule has 0 unspecified atom stereocenters. The van der Waals surface area contributed by atoms with Gasteiger partial charge in [0.15, 0.2) is 0 Å². The number of hydrogen-bond donors (Lipinski definition) is 1. The van der Waals surface area contributed by atoms with Gasteiger partial charge in [-0.25, -0.2) is 17.7 Å². The maximum Gasteiger partial charge on any atom is 0.240 e. The first-order valence-electron chi connectivity index (χ1n) is 7.79. The van der Waals surface area contributed by atoms with Gasteiger partial charge >= 0.3 is 0 Å². The molecule has 1 aromatic carbocycles. The summed E-state index contributed by atoms with van der Waals surface area (Å²) in [5.41, 5.74) is 2.70. The minimum Gasteiger partial charge on any atom is -0.241 e. The zero-order valence-electron chi connectivity index (χ0n) is 14.0. The van der Waals surface area contributed by atoms with E-state index in [4.69, 9.17) is 0 Å². The lowest BCUT2D eigenvalue weighted by molar-refractivity contribution is 0.577. The third kappa shape index (κ3) is 3.49. The maximum absolute atomic E-state index is 12.4. The molecule has 0 aliphatic carbocycles. The Kier molecular flexibility index (Phi) is 4.19. The Hall–Kier alpha value is -2.18. The molecule has 0 saturated heterocycles. The maximum atomic E-state index is 12.4. The molecular weight excluding hydrogens is 322 g/mol. The van der Waals surface area contributed by atoms with Gasteiger partial charge in [-0.05, 0) is 41.3 Å². The Bertz CT molecular complexity index is 919. The van der Waals surface area contributed by atoms with E-state index < -0.39 is 10.0 Å². The normalized spacial score (nSPS) is 12.6. The number of fused-ring (bicyclic) bond motifs is 1. The highest BCUT2D eigenvalue weighted by molar-refractivity contribution is 7.89. The van der Waals surface area contributed by atoms with E-state index in [1.165, 1.54) is 0 Å². The molecule has 0 fully saturated rings. The van der Waals surface area contributed by atoms with E-state index in [2.05, 4.69) is 30.6 Å². The number of aromatic nitrogens is 2. The van der Waals surface area contributed by atoms with E-state index in [1.54, 1.807) is 16.6 Å². The number of nitrogens with one attached hydrogen (secondary N) is 1. The largest absolute Gasteiger partial charge is 0.241 e. The summed E-state index contributed by atoms with van der Waals surface area (Å²) >= 11 is 0. The summed E-state index contributed by atoms with van der Waals surface area (Å²) in [5, 5.41) is 4.35. The van der Waals surface area contributed by atoms with Gasteiger partial charge in [-0.1, -0.05) is 39.0 Å². The van der Waals surface area contributed by atoms with Crippen LogP contribution in [0.3, 0.4) is 0 Å². The predicted molar refractivity (Wildman–Crippen MR) is 94.4 cm³/mol. The van der Waals surface area contributed by atoms with Gasteiger partial charge in [0, 0.05) is 6.20 Å². The molecule has 0 aliphatic heterocycles. The third-order valence-corrected chi connectivity index (χ3v) is 5.31. The highest BCUT2D eigenvalue weighted by atomic mass is 32.2. The van der Waals surface area contributed by atoms with E-state index in [-0.39, 0.29) is 16.9 Å². The van der Waals surface area contributed by atoms with Crippen molar-refractivity contribution in [1.82, 2.24) is 14.3 Å². The van der Waals surface area contributed by atoms with Gasteiger partial charge in [0.05, 0.1) is 22.7 Å². The first-order valence-corrected chi connectivity index (χ1v) is 9.27. The zero-order valence-corrected chi connectivity index (χ0v) is 14.8. The molecule has 0 amide bonds. The standard InChI is InChI=1S/C18H21N3O2S/c1-18(2,3)14-7-9-17(10-8-14)24(22,23)19-13-15-12-16-6-4-5-11-21(16)20-15/h4-12,19H,13H2,1-3H3. The van der Waals surface area contributed by atoms with Crippen molar-refractivity contribution < 1.29 is 8.42 Å². The van der Waals surface area contributed by atoms with Crippen LogP contribution < -0.4 is 4.72 Å². The fourth-order valence-corrected chi connectivity index (χ4v) is 3.46. The van der Waals surface area contributed by atoms with Crippen molar-refractivity contribution in [1.29, 1.82) is 0 Å². The summed E-state index contributed by atoms with van der Waals surface area (Å²) in [6, 6.07) is 14.6. The van der Waals surface area contributed by atoms with Crippen LogP contribution in [-0.4, -0.2) is 18.0 Å². The van der Waals surface area contributed by atoms with Crippen LogP contribution in [0.1, 0.15) is 32.0 Å². The smallest absolute Gasteiger partial charge is 0.240 e. The van der Waals surface area contributed by atoms with E-state index in [9.17, 15) is 8.42 Å². The van der Waals surface area contributed by atoms with Gasteiger partial charge in [0.25, 0.3) is 0 Å². The second-order valence-electron chi connectivity index (χ2n) is 6.80. The van der Waals surface area contributed by atoms with E-state index in [1.807, 2.05) is 42.6 Å². The Morgan fingerprint density at radius 1 is 1.08 bits per heavy atom. The minimum absolute atomic E-state index is 0.00768. The van der Waals surface area contributed by atoms with Crippen molar-refractivity contribution in [3.63, 3.8) is 0 Å². The highest BCUT2D eigenvalue weighted by Gasteiger charge is 2.17. The van der Waals surface area contributed by atoms with Crippen LogP contribution >= 0.6 is 0 Å². The van der Waals surface area contributed by atoms with Crippen LogP contribution in [0.2, 0.25) is 0 Å². The first kappa shape index (κ1) is 16.7. The van der Waals surface area contributed by atoms with Crippen LogP contribution in [0.25, 0.3) is 5.52 Å². The molecule has 6 heteroatoms. The van der Waals surface area contributed by atoms with Crippen molar-refractivity contribution in [3.8, 4) is 0 Å². The van der Waals surface area contributed by atoms with Crippen molar-refractivity contribution in [2.75, 3.05) is 0 Å². The lowest BCUT2D eigenvalue weighted by Crippen LogP contribution is -2.23. The molecule has 3 rings (SSSR count). The van der Waals surface area contributed by atoms with Gasteiger partial charge in [-0.2, -0.15) is 5.10 Å². The number of rotatable bonds is 4. The van der Waals surface area contributed by atoms with Crippen molar-refractivity contribution >= 4 is 15.5 Å². The second-order valence-corrected chi connectivity index (χ2v) is 8.57. The minimum atomic E-state index is -3.56. The molecule has 0 aliphatic rings. The number of pyridine rings is 1. The molecule has 24 heavy (non-hydrogen) atoms. The number of sulfonamides is 1. The molecule has 3 aromatic rings. The second kappa shape index (κ2) is 6.03. The summed E-state index contributed by atoms with van der Waals surface area (Å²) in [6.45, 7) is 6.44.